The summed E-state index contributed by atoms with van der Waals surface area (Å²) in [5.74, 6) is 3.96. The summed E-state index contributed by atoms with van der Waals surface area (Å²) >= 11 is 0. The van der Waals surface area contributed by atoms with Gasteiger partial charge in [0.25, 0.3) is 0 Å². The number of aliphatic imine (C=N–C) groups is 1. The molecular formula is C13H17F2N3. The second kappa shape index (κ2) is 5.71. The van der Waals surface area contributed by atoms with Crippen molar-refractivity contribution in [2.24, 2.45) is 21.4 Å². The Morgan fingerprint density at radius 2 is 2.06 bits per heavy atom. The summed E-state index contributed by atoms with van der Waals surface area (Å²) in [5.41, 5.74) is 0.382. The highest BCUT2D eigenvalue weighted by Crippen LogP contribution is 2.22. The minimum Gasteiger partial charge on any atom is -0.323 e. The molecule has 0 heterocycles. The molecule has 1 rings (SSSR count). The Kier molecular flexibility index (Phi) is 4.53. The van der Waals surface area contributed by atoms with Crippen LogP contribution in [-0.2, 0) is 0 Å². The van der Waals surface area contributed by atoms with Gasteiger partial charge in [-0.25, -0.2) is 8.78 Å². The summed E-state index contributed by atoms with van der Waals surface area (Å²) in [6, 6.07) is 3.21. The molecule has 2 N–H and O–H groups in total. The third-order valence-corrected chi connectivity index (χ3v) is 2.95. The Hall–Kier alpha value is -1.78. The molecule has 0 amide bonds. The van der Waals surface area contributed by atoms with E-state index in [1.165, 1.54) is 12.3 Å². The molecule has 0 aliphatic carbocycles. The van der Waals surface area contributed by atoms with Crippen LogP contribution in [0, 0.1) is 17.0 Å². The van der Waals surface area contributed by atoms with E-state index in [0.29, 0.717) is 5.71 Å². The van der Waals surface area contributed by atoms with Crippen LogP contribution in [0.25, 0.3) is 0 Å². The van der Waals surface area contributed by atoms with Gasteiger partial charge in [0.2, 0.25) is 0 Å². The van der Waals surface area contributed by atoms with Crippen molar-refractivity contribution in [3.05, 3.63) is 29.8 Å². The molecule has 0 bridgehead atoms. The fourth-order valence-corrected chi connectivity index (χ4v) is 1.28. The van der Waals surface area contributed by atoms with E-state index in [9.17, 15) is 8.78 Å². The predicted molar refractivity (Wildman–Crippen MR) is 70.2 cm³/mol. The van der Waals surface area contributed by atoms with Gasteiger partial charge in [-0.05, 0) is 18.6 Å². The molecule has 0 spiro atoms. The summed E-state index contributed by atoms with van der Waals surface area (Å²) in [6.45, 7) is 5.93. The van der Waals surface area contributed by atoms with Crippen molar-refractivity contribution in [1.82, 2.24) is 0 Å². The van der Waals surface area contributed by atoms with Gasteiger partial charge in [0.05, 0.1) is 17.6 Å². The number of hydrogen-bond acceptors (Lipinski definition) is 3. The van der Waals surface area contributed by atoms with Gasteiger partial charge in [-0.3, -0.25) is 4.99 Å². The summed E-state index contributed by atoms with van der Waals surface area (Å²) in [5, 5.41) is 3.66. The van der Waals surface area contributed by atoms with Crippen LogP contribution in [0.5, 0.6) is 0 Å². The van der Waals surface area contributed by atoms with Gasteiger partial charge >= 0.3 is 0 Å². The Bertz CT molecular complexity index is 479. The number of nitrogens with two attached hydrogens (primary N) is 1. The van der Waals surface area contributed by atoms with Crippen molar-refractivity contribution in [1.29, 1.82) is 0 Å². The lowest BCUT2D eigenvalue weighted by molar-refractivity contribution is 0.507. The average molecular weight is 253 g/mol. The Labute approximate surface area is 105 Å². The SMILES string of the molecule is CCC(C)(C)C(C=Nc1ccc(F)cc1F)=NN. The zero-order chi connectivity index (χ0) is 13.8. The number of rotatable bonds is 4. The van der Waals surface area contributed by atoms with E-state index >= 15 is 0 Å². The van der Waals surface area contributed by atoms with Crippen LogP contribution >= 0.6 is 0 Å². The molecule has 3 nitrogen and oxygen atoms in total. The van der Waals surface area contributed by atoms with E-state index in [2.05, 4.69) is 10.1 Å². The van der Waals surface area contributed by atoms with Crippen LogP contribution in [0.15, 0.2) is 28.3 Å². The van der Waals surface area contributed by atoms with Gasteiger partial charge < -0.3 is 5.84 Å². The lowest BCUT2D eigenvalue weighted by Crippen LogP contribution is -2.25. The quantitative estimate of drug-likeness (QED) is 0.499. The molecule has 18 heavy (non-hydrogen) atoms. The molecule has 0 saturated heterocycles. The molecule has 0 saturated carbocycles. The maximum atomic E-state index is 13.4. The highest BCUT2D eigenvalue weighted by Gasteiger charge is 2.21. The molecule has 1 aromatic rings. The van der Waals surface area contributed by atoms with Crippen molar-refractivity contribution in [2.45, 2.75) is 27.2 Å². The third-order valence-electron chi connectivity index (χ3n) is 2.95. The minimum absolute atomic E-state index is 0.0597. The summed E-state index contributed by atoms with van der Waals surface area (Å²) in [6.07, 6.45) is 2.24. The van der Waals surface area contributed by atoms with E-state index in [0.717, 1.165) is 18.6 Å². The number of benzene rings is 1. The normalized spacial score (nSPS) is 13.3. The molecule has 0 aliphatic rings. The van der Waals surface area contributed by atoms with Gasteiger partial charge in [0.15, 0.2) is 5.82 Å². The van der Waals surface area contributed by atoms with Gasteiger partial charge in [-0.1, -0.05) is 20.8 Å². The standard InChI is InChI=1S/C13H17F2N3/c1-4-13(2,3)12(18-16)8-17-11-6-5-9(14)7-10(11)15/h5-8H,4,16H2,1-3H3. The maximum Gasteiger partial charge on any atom is 0.151 e. The number of hydrogen-bond donors (Lipinski definition) is 1. The summed E-state index contributed by atoms with van der Waals surface area (Å²) in [4.78, 5) is 3.95. The smallest absolute Gasteiger partial charge is 0.151 e. The van der Waals surface area contributed by atoms with Crippen LogP contribution in [-0.4, -0.2) is 11.9 Å². The molecule has 0 radical (unpaired) electrons. The van der Waals surface area contributed by atoms with E-state index in [4.69, 9.17) is 5.84 Å². The molecule has 5 heteroatoms. The monoisotopic (exact) mass is 253 g/mol. The van der Waals surface area contributed by atoms with Crippen molar-refractivity contribution in [2.75, 3.05) is 0 Å². The Morgan fingerprint density at radius 3 is 2.56 bits per heavy atom. The molecule has 1 aromatic carbocycles. The van der Waals surface area contributed by atoms with Gasteiger partial charge in [0, 0.05) is 11.5 Å². The maximum absolute atomic E-state index is 13.4. The lowest BCUT2D eigenvalue weighted by atomic mass is 9.85. The first kappa shape index (κ1) is 14.3. The topological polar surface area (TPSA) is 50.7 Å². The average Bonchev–Trinajstić information content (AvgIpc) is 2.32. The lowest BCUT2D eigenvalue weighted by Gasteiger charge is -2.21. The number of halogens is 2. The van der Waals surface area contributed by atoms with E-state index in [-0.39, 0.29) is 11.1 Å². The predicted octanol–water partition coefficient (Wildman–Crippen LogP) is 3.42. The highest BCUT2D eigenvalue weighted by atomic mass is 19.1. The number of nitrogens with zero attached hydrogens (tertiary/aromatic N) is 2. The summed E-state index contributed by atoms with van der Waals surface area (Å²) < 4.78 is 26.1. The van der Waals surface area contributed by atoms with Gasteiger partial charge in [0.1, 0.15) is 5.82 Å². The van der Waals surface area contributed by atoms with E-state index < -0.39 is 11.6 Å². The van der Waals surface area contributed by atoms with E-state index in [1.807, 2.05) is 20.8 Å². The second-order valence-electron chi connectivity index (χ2n) is 4.61. The first-order valence-electron chi connectivity index (χ1n) is 5.68. The van der Waals surface area contributed by atoms with Gasteiger partial charge in [-0.2, -0.15) is 5.10 Å². The van der Waals surface area contributed by atoms with Crippen LogP contribution in [0.3, 0.4) is 0 Å². The third kappa shape index (κ3) is 3.35. The zero-order valence-corrected chi connectivity index (χ0v) is 10.7. The second-order valence-corrected chi connectivity index (χ2v) is 4.61. The van der Waals surface area contributed by atoms with E-state index in [1.54, 1.807) is 0 Å². The molecular weight excluding hydrogens is 236 g/mol. The van der Waals surface area contributed by atoms with Gasteiger partial charge in [-0.15, -0.1) is 0 Å². The molecule has 98 valence electrons. The molecule has 0 unspecified atom stereocenters. The first-order chi connectivity index (χ1) is 8.40. The van der Waals surface area contributed by atoms with Crippen molar-refractivity contribution in [3.8, 4) is 0 Å². The molecule has 0 aromatic heterocycles. The minimum atomic E-state index is -0.711. The Morgan fingerprint density at radius 1 is 1.39 bits per heavy atom. The van der Waals surface area contributed by atoms with Crippen molar-refractivity contribution < 1.29 is 8.78 Å². The summed E-state index contributed by atoms with van der Waals surface area (Å²) in [7, 11) is 0. The van der Waals surface area contributed by atoms with Crippen molar-refractivity contribution >= 4 is 17.6 Å². The van der Waals surface area contributed by atoms with Crippen LogP contribution in [0.4, 0.5) is 14.5 Å². The number of hydrazone groups is 1. The van der Waals surface area contributed by atoms with Crippen LogP contribution in [0.2, 0.25) is 0 Å². The molecule has 0 fully saturated rings. The highest BCUT2D eigenvalue weighted by molar-refractivity contribution is 6.33. The van der Waals surface area contributed by atoms with Crippen LogP contribution < -0.4 is 5.84 Å². The largest absolute Gasteiger partial charge is 0.323 e. The molecule has 0 atom stereocenters. The fourth-order valence-electron chi connectivity index (χ4n) is 1.28. The molecule has 0 aliphatic heterocycles. The van der Waals surface area contributed by atoms with Crippen LogP contribution in [0.1, 0.15) is 27.2 Å². The van der Waals surface area contributed by atoms with Crippen molar-refractivity contribution in [3.63, 3.8) is 0 Å². The fraction of sp³-hybridized carbons (Fsp3) is 0.385. The zero-order valence-electron chi connectivity index (χ0n) is 10.7. The first-order valence-corrected chi connectivity index (χ1v) is 5.68. The Balaban J connectivity index is 2.99.